The van der Waals surface area contributed by atoms with Crippen LogP contribution >= 0.6 is 0 Å². The van der Waals surface area contributed by atoms with Crippen LogP contribution in [0.4, 0.5) is 5.95 Å². The Balaban J connectivity index is 1.75. The van der Waals surface area contributed by atoms with E-state index in [9.17, 15) is 4.79 Å². The maximum atomic E-state index is 10.8. The first-order valence-corrected chi connectivity index (χ1v) is 6.40. The molecule has 0 spiro atoms. The van der Waals surface area contributed by atoms with Gasteiger partial charge in [0, 0.05) is 18.9 Å². The average molecular weight is 249 g/mol. The molecule has 1 fully saturated rings. The van der Waals surface area contributed by atoms with Crippen LogP contribution in [0.2, 0.25) is 0 Å². The first kappa shape index (κ1) is 12.8. The monoisotopic (exact) mass is 249 g/mol. The van der Waals surface area contributed by atoms with Crippen LogP contribution in [0.25, 0.3) is 0 Å². The minimum Gasteiger partial charge on any atom is -0.481 e. The summed E-state index contributed by atoms with van der Waals surface area (Å²) in [5, 5.41) is 12.1. The molecule has 1 aliphatic carbocycles. The van der Waals surface area contributed by atoms with E-state index in [1.54, 1.807) is 12.4 Å². The van der Waals surface area contributed by atoms with Crippen molar-refractivity contribution < 1.29 is 9.90 Å². The van der Waals surface area contributed by atoms with Gasteiger partial charge in [0.05, 0.1) is 5.92 Å². The smallest absolute Gasteiger partial charge is 0.306 e. The van der Waals surface area contributed by atoms with E-state index in [1.807, 2.05) is 6.92 Å². The number of nitrogens with one attached hydrogen (secondary N) is 1. The number of carbonyl (C=O) groups is 1. The van der Waals surface area contributed by atoms with Crippen LogP contribution in [0.15, 0.2) is 12.4 Å². The molecule has 0 atom stereocenters. The van der Waals surface area contributed by atoms with Crippen molar-refractivity contribution in [3.8, 4) is 0 Å². The number of anilines is 1. The number of carboxylic acid groups (broad SMARTS) is 1. The fraction of sp³-hybridized carbons (Fsp3) is 0.615. The van der Waals surface area contributed by atoms with E-state index in [-0.39, 0.29) is 5.92 Å². The molecule has 1 aliphatic rings. The van der Waals surface area contributed by atoms with Gasteiger partial charge in [-0.25, -0.2) is 9.97 Å². The molecule has 1 saturated carbocycles. The fourth-order valence-corrected chi connectivity index (χ4v) is 2.33. The summed E-state index contributed by atoms with van der Waals surface area (Å²) in [5.41, 5.74) is 1.04. The number of aromatic nitrogens is 2. The van der Waals surface area contributed by atoms with Gasteiger partial charge in [-0.3, -0.25) is 4.79 Å². The minimum atomic E-state index is -0.650. The largest absolute Gasteiger partial charge is 0.481 e. The van der Waals surface area contributed by atoms with Crippen molar-refractivity contribution in [1.82, 2.24) is 9.97 Å². The highest BCUT2D eigenvalue weighted by atomic mass is 16.4. The second-order valence-electron chi connectivity index (χ2n) is 5.02. The zero-order valence-corrected chi connectivity index (χ0v) is 10.6. The Morgan fingerprint density at radius 3 is 2.50 bits per heavy atom. The zero-order valence-electron chi connectivity index (χ0n) is 10.6. The van der Waals surface area contributed by atoms with Crippen molar-refractivity contribution in [1.29, 1.82) is 0 Å². The van der Waals surface area contributed by atoms with Crippen LogP contribution in [0.3, 0.4) is 0 Å². The molecule has 0 amide bonds. The average Bonchev–Trinajstić information content (AvgIpc) is 2.38. The standard InChI is InChI=1S/C13H19N3O2/c1-9-6-14-13(15-7-9)16-8-10-2-4-11(5-3-10)12(17)18/h6-7,10-11H,2-5,8H2,1H3,(H,17,18)(H,14,15,16). The minimum absolute atomic E-state index is 0.142. The molecule has 0 radical (unpaired) electrons. The molecule has 0 aromatic carbocycles. The van der Waals surface area contributed by atoms with Crippen LogP contribution < -0.4 is 5.32 Å². The van der Waals surface area contributed by atoms with E-state index in [0.717, 1.165) is 37.8 Å². The third-order valence-electron chi connectivity index (χ3n) is 3.53. The van der Waals surface area contributed by atoms with Gasteiger partial charge >= 0.3 is 5.97 Å². The van der Waals surface area contributed by atoms with Crippen LogP contribution in [0.5, 0.6) is 0 Å². The predicted molar refractivity (Wildman–Crippen MR) is 68.3 cm³/mol. The topological polar surface area (TPSA) is 75.1 Å². The fourth-order valence-electron chi connectivity index (χ4n) is 2.33. The Hall–Kier alpha value is -1.65. The van der Waals surface area contributed by atoms with E-state index in [2.05, 4.69) is 15.3 Å². The number of hydrogen-bond donors (Lipinski definition) is 2. The summed E-state index contributed by atoms with van der Waals surface area (Å²) in [6.45, 7) is 2.78. The van der Waals surface area contributed by atoms with Crippen molar-refractivity contribution in [2.75, 3.05) is 11.9 Å². The van der Waals surface area contributed by atoms with Crippen molar-refractivity contribution in [2.45, 2.75) is 32.6 Å². The number of carboxylic acids is 1. The molecule has 0 unspecified atom stereocenters. The van der Waals surface area contributed by atoms with Crippen molar-refractivity contribution in [2.24, 2.45) is 11.8 Å². The molecule has 0 bridgehead atoms. The molecule has 98 valence electrons. The first-order valence-electron chi connectivity index (χ1n) is 6.40. The zero-order chi connectivity index (χ0) is 13.0. The SMILES string of the molecule is Cc1cnc(NCC2CCC(C(=O)O)CC2)nc1. The van der Waals surface area contributed by atoms with Gasteiger partial charge in [0.2, 0.25) is 5.95 Å². The van der Waals surface area contributed by atoms with E-state index in [0.29, 0.717) is 11.9 Å². The predicted octanol–water partition coefficient (Wildman–Crippen LogP) is 2.09. The number of nitrogens with zero attached hydrogens (tertiary/aromatic N) is 2. The van der Waals surface area contributed by atoms with E-state index in [4.69, 9.17) is 5.11 Å². The molecule has 5 heteroatoms. The van der Waals surface area contributed by atoms with Crippen LogP contribution in [-0.2, 0) is 4.79 Å². The van der Waals surface area contributed by atoms with Gasteiger partial charge in [-0.2, -0.15) is 0 Å². The normalized spacial score (nSPS) is 23.6. The molecule has 18 heavy (non-hydrogen) atoms. The lowest BCUT2D eigenvalue weighted by molar-refractivity contribution is -0.143. The lowest BCUT2D eigenvalue weighted by atomic mass is 9.82. The van der Waals surface area contributed by atoms with E-state index in [1.165, 1.54) is 0 Å². The quantitative estimate of drug-likeness (QED) is 0.854. The van der Waals surface area contributed by atoms with Gasteiger partial charge in [0.1, 0.15) is 0 Å². The molecule has 1 aromatic rings. The van der Waals surface area contributed by atoms with Crippen molar-refractivity contribution in [3.63, 3.8) is 0 Å². The molecular formula is C13H19N3O2. The summed E-state index contributed by atoms with van der Waals surface area (Å²) in [6.07, 6.45) is 7.09. The molecule has 2 N–H and O–H groups in total. The summed E-state index contributed by atoms with van der Waals surface area (Å²) in [6, 6.07) is 0. The van der Waals surface area contributed by atoms with E-state index < -0.39 is 5.97 Å². The van der Waals surface area contributed by atoms with Crippen LogP contribution in [0, 0.1) is 18.8 Å². The maximum Gasteiger partial charge on any atom is 0.306 e. The van der Waals surface area contributed by atoms with Gasteiger partial charge in [-0.15, -0.1) is 0 Å². The van der Waals surface area contributed by atoms with Crippen molar-refractivity contribution in [3.05, 3.63) is 18.0 Å². The summed E-state index contributed by atoms with van der Waals surface area (Å²) >= 11 is 0. The molecule has 2 rings (SSSR count). The van der Waals surface area contributed by atoms with E-state index >= 15 is 0 Å². The lowest BCUT2D eigenvalue weighted by Crippen LogP contribution is -2.25. The molecule has 0 saturated heterocycles. The number of rotatable bonds is 4. The Kier molecular flexibility index (Phi) is 4.12. The number of hydrogen-bond acceptors (Lipinski definition) is 4. The molecule has 1 aromatic heterocycles. The molecular weight excluding hydrogens is 230 g/mol. The maximum absolute atomic E-state index is 10.8. The Morgan fingerprint density at radius 1 is 1.33 bits per heavy atom. The summed E-state index contributed by atoms with van der Waals surface area (Å²) < 4.78 is 0. The third kappa shape index (κ3) is 3.42. The molecule has 0 aliphatic heterocycles. The number of aliphatic carboxylic acids is 1. The van der Waals surface area contributed by atoms with Gasteiger partial charge in [-0.1, -0.05) is 0 Å². The molecule has 5 nitrogen and oxygen atoms in total. The Labute approximate surface area is 107 Å². The van der Waals surface area contributed by atoms with Gasteiger partial charge in [0.15, 0.2) is 0 Å². The van der Waals surface area contributed by atoms with Crippen molar-refractivity contribution >= 4 is 11.9 Å². The third-order valence-corrected chi connectivity index (χ3v) is 3.53. The molecule has 1 heterocycles. The first-order chi connectivity index (χ1) is 8.65. The van der Waals surface area contributed by atoms with Crippen LogP contribution in [-0.4, -0.2) is 27.6 Å². The second-order valence-corrected chi connectivity index (χ2v) is 5.02. The van der Waals surface area contributed by atoms with Gasteiger partial charge < -0.3 is 10.4 Å². The van der Waals surface area contributed by atoms with Gasteiger partial charge in [0.25, 0.3) is 0 Å². The Morgan fingerprint density at radius 2 is 1.94 bits per heavy atom. The van der Waals surface area contributed by atoms with Gasteiger partial charge in [-0.05, 0) is 44.1 Å². The summed E-state index contributed by atoms with van der Waals surface area (Å²) in [4.78, 5) is 19.2. The lowest BCUT2D eigenvalue weighted by Gasteiger charge is -2.26. The summed E-state index contributed by atoms with van der Waals surface area (Å²) in [7, 11) is 0. The Bertz CT molecular complexity index is 397. The number of aryl methyl sites for hydroxylation is 1. The second kappa shape index (κ2) is 5.80. The highest BCUT2D eigenvalue weighted by molar-refractivity contribution is 5.69. The highest BCUT2D eigenvalue weighted by Crippen LogP contribution is 2.28. The highest BCUT2D eigenvalue weighted by Gasteiger charge is 2.25. The summed E-state index contributed by atoms with van der Waals surface area (Å²) in [5.74, 6) is 0.395. The van der Waals surface area contributed by atoms with Crippen LogP contribution in [0.1, 0.15) is 31.2 Å².